The molecular formula is C11H18N2. The Hall–Kier alpha value is -0.920. The number of rotatable bonds is 1. The summed E-state index contributed by atoms with van der Waals surface area (Å²) in [6.45, 7) is 10.9. The van der Waals surface area contributed by atoms with E-state index in [9.17, 15) is 0 Å². The molecule has 2 nitrogen and oxygen atoms in total. The van der Waals surface area contributed by atoms with Gasteiger partial charge in [-0.05, 0) is 29.9 Å². The topological polar surface area (TPSA) is 25.8 Å². The summed E-state index contributed by atoms with van der Waals surface area (Å²) in [6, 6.07) is 2.11. The van der Waals surface area contributed by atoms with Gasteiger partial charge in [0.15, 0.2) is 0 Å². The molecule has 1 unspecified atom stereocenters. The lowest BCUT2D eigenvalue weighted by Gasteiger charge is -2.27. The molecule has 0 aliphatic heterocycles. The van der Waals surface area contributed by atoms with E-state index >= 15 is 0 Å². The monoisotopic (exact) mass is 178 g/mol. The number of aromatic nitrogens is 2. The Morgan fingerprint density at radius 2 is 1.92 bits per heavy atom. The molecule has 0 bridgehead atoms. The highest BCUT2D eigenvalue weighted by Gasteiger charge is 2.21. The van der Waals surface area contributed by atoms with Crippen molar-refractivity contribution >= 4 is 0 Å². The molecular weight excluding hydrogens is 160 g/mol. The number of nitrogens with zero attached hydrogens (tertiary/aromatic N) is 2. The fourth-order valence-electron chi connectivity index (χ4n) is 1.23. The minimum Gasteiger partial charge on any atom is -0.159 e. The normalized spacial score (nSPS) is 14.2. The van der Waals surface area contributed by atoms with Crippen molar-refractivity contribution in [2.24, 2.45) is 5.41 Å². The van der Waals surface area contributed by atoms with Gasteiger partial charge < -0.3 is 0 Å². The summed E-state index contributed by atoms with van der Waals surface area (Å²) in [7, 11) is 0. The molecule has 0 aliphatic rings. The van der Waals surface area contributed by atoms with Crippen LogP contribution in [0, 0.1) is 12.3 Å². The van der Waals surface area contributed by atoms with Crippen LogP contribution in [0.2, 0.25) is 0 Å². The van der Waals surface area contributed by atoms with Gasteiger partial charge in [0.25, 0.3) is 0 Å². The van der Waals surface area contributed by atoms with E-state index in [0.29, 0.717) is 5.92 Å². The molecule has 0 aromatic carbocycles. The first-order valence-electron chi connectivity index (χ1n) is 4.70. The van der Waals surface area contributed by atoms with Crippen LogP contribution in [-0.2, 0) is 0 Å². The number of hydrogen-bond donors (Lipinski definition) is 0. The average Bonchev–Trinajstić information content (AvgIpc) is 2.01. The minimum absolute atomic E-state index is 0.287. The van der Waals surface area contributed by atoms with Gasteiger partial charge in [-0.25, -0.2) is 0 Å². The van der Waals surface area contributed by atoms with Gasteiger partial charge in [0.05, 0.1) is 11.9 Å². The van der Waals surface area contributed by atoms with Gasteiger partial charge in [-0.2, -0.15) is 10.2 Å². The molecule has 1 aromatic rings. The zero-order chi connectivity index (χ0) is 10.1. The van der Waals surface area contributed by atoms with Crippen LogP contribution < -0.4 is 0 Å². The molecule has 0 amide bonds. The summed E-state index contributed by atoms with van der Waals surface area (Å²) in [5.74, 6) is 0.515. The van der Waals surface area contributed by atoms with Gasteiger partial charge in [0, 0.05) is 0 Å². The van der Waals surface area contributed by atoms with Gasteiger partial charge in [-0.15, -0.1) is 0 Å². The summed E-state index contributed by atoms with van der Waals surface area (Å²) >= 11 is 0. The van der Waals surface area contributed by atoms with Crippen molar-refractivity contribution in [3.8, 4) is 0 Å². The van der Waals surface area contributed by atoms with Crippen LogP contribution in [0.1, 0.15) is 44.9 Å². The third-order valence-corrected chi connectivity index (χ3v) is 2.60. The second-order valence-electron chi connectivity index (χ2n) is 4.72. The maximum Gasteiger partial charge on any atom is 0.0603 e. The largest absolute Gasteiger partial charge is 0.159 e. The fourth-order valence-corrected chi connectivity index (χ4v) is 1.23. The summed E-state index contributed by atoms with van der Waals surface area (Å²) < 4.78 is 0. The van der Waals surface area contributed by atoms with Crippen LogP contribution in [0.5, 0.6) is 0 Å². The lowest BCUT2D eigenvalue weighted by molar-refractivity contribution is 0.338. The number of hydrogen-bond acceptors (Lipinski definition) is 2. The fraction of sp³-hybridized carbons (Fsp3) is 0.636. The quantitative estimate of drug-likeness (QED) is 0.660. The average molecular weight is 178 g/mol. The van der Waals surface area contributed by atoms with Gasteiger partial charge in [0.2, 0.25) is 0 Å². The minimum atomic E-state index is 0.287. The van der Waals surface area contributed by atoms with E-state index in [1.54, 1.807) is 0 Å². The van der Waals surface area contributed by atoms with Crippen LogP contribution in [0.4, 0.5) is 0 Å². The highest BCUT2D eigenvalue weighted by Crippen LogP contribution is 2.33. The lowest BCUT2D eigenvalue weighted by atomic mass is 9.78. The molecule has 1 atom stereocenters. The van der Waals surface area contributed by atoms with Crippen molar-refractivity contribution in [3.63, 3.8) is 0 Å². The highest BCUT2D eigenvalue weighted by molar-refractivity contribution is 5.17. The molecule has 13 heavy (non-hydrogen) atoms. The van der Waals surface area contributed by atoms with E-state index in [2.05, 4.69) is 44.0 Å². The molecule has 0 radical (unpaired) electrons. The summed E-state index contributed by atoms with van der Waals surface area (Å²) in [5, 5.41) is 7.92. The first kappa shape index (κ1) is 10.2. The molecule has 1 aromatic heterocycles. The zero-order valence-corrected chi connectivity index (χ0v) is 9.13. The third-order valence-electron chi connectivity index (χ3n) is 2.60. The molecule has 0 N–H and O–H groups in total. The van der Waals surface area contributed by atoms with Crippen molar-refractivity contribution in [1.29, 1.82) is 0 Å². The Labute approximate surface area is 80.4 Å². The summed E-state index contributed by atoms with van der Waals surface area (Å²) in [6.07, 6.45) is 1.86. The Kier molecular flexibility index (Phi) is 2.69. The first-order chi connectivity index (χ1) is 5.91. The van der Waals surface area contributed by atoms with Crippen molar-refractivity contribution in [2.45, 2.75) is 40.5 Å². The molecule has 1 heterocycles. The van der Waals surface area contributed by atoms with Crippen molar-refractivity contribution in [2.75, 3.05) is 0 Å². The Balaban J connectivity index is 2.96. The van der Waals surface area contributed by atoms with E-state index in [4.69, 9.17) is 0 Å². The smallest absolute Gasteiger partial charge is 0.0603 e. The van der Waals surface area contributed by atoms with E-state index in [-0.39, 0.29) is 5.41 Å². The Morgan fingerprint density at radius 3 is 2.38 bits per heavy atom. The van der Waals surface area contributed by atoms with Crippen LogP contribution in [-0.4, -0.2) is 10.2 Å². The van der Waals surface area contributed by atoms with Gasteiger partial charge in [-0.3, -0.25) is 0 Å². The SMILES string of the molecule is Cc1cc(C(C)C(C)(C)C)cnn1. The molecule has 0 fully saturated rings. The van der Waals surface area contributed by atoms with E-state index in [1.807, 2.05) is 13.1 Å². The lowest BCUT2D eigenvalue weighted by Crippen LogP contribution is -2.15. The number of aryl methyl sites for hydroxylation is 1. The van der Waals surface area contributed by atoms with E-state index in [1.165, 1.54) is 5.56 Å². The van der Waals surface area contributed by atoms with Crippen molar-refractivity contribution < 1.29 is 0 Å². The van der Waals surface area contributed by atoms with E-state index in [0.717, 1.165) is 5.69 Å². The maximum absolute atomic E-state index is 3.97. The predicted molar refractivity (Wildman–Crippen MR) is 54.6 cm³/mol. The molecule has 72 valence electrons. The van der Waals surface area contributed by atoms with Crippen LogP contribution in [0.15, 0.2) is 12.3 Å². The van der Waals surface area contributed by atoms with E-state index < -0.39 is 0 Å². The Morgan fingerprint density at radius 1 is 1.31 bits per heavy atom. The Bertz CT molecular complexity index is 286. The molecule has 2 heteroatoms. The second kappa shape index (κ2) is 3.44. The maximum atomic E-state index is 3.97. The molecule has 0 saturated carbocycles. The standard InChI is InChI=1S/C11H18N2/c1-8-6-10(7-12-13-8)9(2)11(3,4)5/h6-7,9H,1-5H3. The molecule has 0 aliphatic carbocycles. The predicted octanol–water partition coefficient (Wildman–Crippen LogP) is 2.93. The summed E-state index contributed by atoms with van der Waals surface area (Å²) in [5.41, 5.74) is 2.56. The van der Waals surface area contributed by atoms with Crippen LogP contribution in [0.25, 0.3) is 0 Å². The molecule has 1 rings (SSSR count). The van der Waals surface area contributed by atoms with Gasteiger partial charge in [0.1, 0.15) is 0 Å². The van der Waals surface area contributed by atoms with Crippen molar-refractivity contribution in [3.05, 3.63) is 23.5 Å². The molecule has 0 saturated heterocycles. The highest BCUT2D eigenvalue weighted by atomic mass is 15.1. The zero-order valence-electron chi connectivity index (χ0n) is 9.13. The van der Waals surface area contributed by atoms with Gasteiger partial charge >= 0.3 is 0 Å². The van der Waals surface area contributed by atoms with Crippen LogP contribution in [0.3, 0.4) is 0 Å². The van der Waals surface area contributed by atoms with Crippen LogP contribution >= 0.6 is 0 Å². The summed E-state index contributed by atoms with van der Waals surface area (Å²) in [4.78, 5) is 0. The van der Waals surface area contributed by atoms with Gasteiger partial charge in [-0.1, -0.05) is 27.7 Å². The third kappa shape index (κ3) is 2.51. The van der Waals surface area contributed by atoms with Crippen molar-refractivity contribution in [1.82, 2.24) is 10.2 Å². The molecule has 0 spiro atoms. The second-order valence-corrected chi connectivity index (χ2v) is 4.72. The first-order valence-corrected chi connectivity index (χ1v) is 4.70.